The summed E-state index contributed by atoms with van der Waals surface area (Å²) in [4.78, 5) is 24.4. The summed E-state index contributed by atoms with van der Waals surface area (Å²) in [6.45, 7) is 3.88. The van der Waals surface area contributed by atoms with Crippen LogP contribution < -0.4 is 5.73 Å². The van der Waals surface area contributed by atoms with Crippen molar-refractivity contribution in [1.29, 1.82) is 0 Å². The number of carbonyl (C=O) groups excluding carboxylic acids is 1. The van der Waals surface area contributed by atoms with Crippen LogP contribution in [-0.4, -0.2) is 35.4 Å². The monoisotopic (exact) mass is 269 g/mol. The van der Waals surface area contributed by atoms with E-state index in [1.54, 1.807) is 4.90 Å². The Labute approximate surface area is 109 Å². The van der Waals surface area contributed by atoms with Crippen molar-refractivity contribution in [2.75, 3.05) is 19.6 Å². The molecular formula is C11H15N3O3S. The Morgan fingerprint density at radius 1 is 1.67 bits per heavy atom. The molecule has 0 bridgehead atoms. The Bertz CT molecular complexity index is 488. The minimum Gasteiger partial charge on any atom is -0.337 e. The van der Waals surface area contributed by atoms with Crippen LogP contribution in [0.1, 0.15) is 23.0 Å². The van der Waals surface area contributed by atoms with E-state index in [0.717, 1.165) is 17.8 Å². The fraction of sp³-hybridized carbons (Fsp3) is 0.545. The number of thiophene rings is 1. The summed E-state index contributed by atoms with van der Waals surface area (Å²) < 4.78 is 0. The van der Waals surface area contributed by atoms with Crippen molar-refractivity contribution in [3.63, 3.8) is 0 Å². The molecule has 0 spiro atoms. The highest BCUT2D eigenvalue weighted by Gasteiger charge is 2.35. The van der Waals surface area contributed by atoms with Gasteiger partial charge in [0.25, 0.3) is 5.91 Å². The normalized spacial score (nSPS) is 23.3. The maximum absolute atomic E-state index is 12.2. The van der Waals surface area contributed by atoms with Crippen LogP contribution in [0.15, 0.2) is 12.1 Å². The molecule has 2 N–H and O–H groups in total. The van der Waals surface area contributed by atoms with Crippen molar-refractivity contribution in [1.82, 2.24) is 4.90 Å². The lowest BCUT2D eigenvalue weighted by Gasteiger charge is -2.22. The number of amides is 1. The highest BCUT2D eigenvalue weighted by molar-refractivity contribution is 7.17. The smallest absolute Gasteiger partial charge is 0.324 e. The second kappa shape index (κ2) is 4.66. The van der Waals surface area contributed by atoms with Gasteiger partial charge in [-0.3, -0.25) is 14.9 Å². The third kappa shape index (κ3) is 2.37. The van der Waals surface area contributed by atoms with Gasteiger partial charge in [0.2, 0.25) is 0 Å². The van der Waals surface area contributed by atoms with Crippen molar-refractivity contribution in [3.05, 3.63) is 27.1 Å². The Morgan fingerprint density at radius 3 is 2.89 bits per heavy atom. The van der Waals surface area contributed by atoms with Crippen molar-refractivity contribution >= 4 is 22.2 Å². The molecule has 1 aromatic heterocycles. The van der Waals surface area contributed by atoms with Gasteiger partial charge in [0.05, 0.1) is 9.80 Å². The highest BCUT2D eigenvalue weighted by Crippen LogP contribution is 2.31. The van der Waals surface area contributed by atoms with Gasteiger partial charge in [0.15, 0.2) is 0 Å². The molecule has 1 saturated heterocycles. The summed E-state index contributed by atoms with van der Waals surface area (Å²) in [5.74, 6) is -0.134. The molecule has 0 aliphatic carbocycles. The molecule has 1 unspecified atom stereocenters. The zero-order valence-corrected chi connectivity index (χ0v) is 10.9. The highest BCUT2D eigenvalue weighted by atomic mass is 32.1. The fourth-order valence-corrected chi connectivity index (χ4v) is 2.85. The number of rotatable bonds is 3. The first kappa shape index (κ1) is 13.0. The van der Waals surface area contributed by atoms with Gasteiger partial charge < -0.3 is 10.6 Å². The predicted molar refractivity (Wildman–Crippen MR) is 68.7 cm³/mol. The molecule has 2 heterocycles. The Kier molecular flexibility index (Phi) is 3.36. The molecule has 2 rings (SSSR count). The van der Waals surface area contributed by atoms with Gasteiger partial charge in [-0.15, -0.1) is 0 Å². The number of carbonyl (C=O) groups is 1. The van der Waals surface area contributed by atoms with Crippen molar-refractivity contribution < 1.29 is 9.72 Å². The van der Waals surface area contributed by atoms with Crippen molar-refractivity contribution in [2.24, 2.45) is 11.1 Å². The largest absolute Gasteiger partial charge is 0.337 e. The van der Waals surface area contributed by atoms with Crippen LogP contribution in [0, 0.1) is 15.5 Å². The Hall–Kier alpha value is -1.47. The molecule has 1 atom stereocenters. The molecule has 18 heavy (non-hydrogen) atoms. The summed E-state index contributed by atoms with van der Waals surface area (Å²) in [5.41, 5.74) is 5.66. The number of nitrogens with zero attached hydrogens (tertiary/aromatic N) is 2. The van der Waals surface area contributed by atoms with E-state index in [9.17, 15) is 14.9 Å². The van der Waals surface area contributed by atoms with Crippen LogP contribution >= 0.6 is 11.3 Å². The van der Waals surface area contributed by atoms with Gasteiger partial charge >= 0.3 is 5.00 Å². The molecule has 1 aliphatic heterocycles. The average Bonchev–Trinajstić information content (AvgIpc) is 2.95. The van der Waals surface area contributed by atoms with Gasteiger partial charge in [-0.05, 0) is 24.4 Å². The maximum Gasteiger partial charge on any atom is 0.324 e. The second-order valence-electron chi connectivity index (χ2n) is 4.89. The van der Waals surface area contributed by atoms with Crippen LogP contribution in [0.2, 0.25) is 0 Å². The molecule has 1 aliphatic rings. The third-order valence-corrected chi connectivity index (χ3v) is 4.35. The predicted octanol–water partition coefficient (Wildman–Crippen LogP) is 1.47. The lowest BCUT2D eigenvalue weighted by Crippen LogP contribution is -2.34. The second-order valence-corrected chi connectivity index (χ2v) is 5.95. The molecule has 0 aromatic carbocycles. The molecule has 0 saturated carbocycles. The number of hydrogen-bond donors (Lipinski definition) is 1. The molecule has 0 radical (unpaired) electrons. The van der Waals surface area contributed by atoms with E-state index in [0.29, 0.717) is 24.5 Å². The summed E-state index contributed by atoms with van der Waals surface area (Å²) >= 11 is 0.922. The van der Waals surface area contributed by atoms with Gasteiger partial charge in [-0.2, -0.15) is 0 Å². The maximum atomic E-state index is 12.2. The van der Waals surface area contributed by atoms with E-state index in [1.165, 1.54) is 12.1 Å². The minimum absolute atomic E-state index is 0.000802. The molecule has 1 aromatic rings. The third-order valence-electron chi connectivity index (χ3n) is 3.32. The Morgan fingerprint density at radius 2 is 2.39 bits per heavy atom. The van der Waals surface area contributed by atoms with Gasteiger partial charge in [-0.25, -0.2) is 0 Å². The number of nitrogens with two attached hydrogens (primary N) is 1. The number of likely N-dealkylation sites (tertiary alicyclic amines) is 1. The SMILES string of the molecule is CC1(CN)CCN(C(=O)c2ccc([N+](=O)[O-])s2)C1. The van der Waals surface area contributed by atoms with Crippen molar-refractivity contribution in [3.8, 4) is 0 Å². The number of hydrogen-bond acceptors (Lipinski definition) is 5. The van der Waals surface area contributed by atoms with Crippen LogP contribution in [0.5, 0.6) is 0 Å². The first-order valence-corrected chi connectivity index (χ1v) is 6.50. The average molecular weight is 269 g/mol. The van der Waals surface area contributed by atoms with Crippen LogP contribution in [0.3, 0.4) is 0 Å². The zero-order valence-electron chi connectivity index (χ0n) is 10.1. The first-order valence-electron chi connectivity index (χ1n) is 5.69. The standard InChI is InChI=1S/C11H15N3O3S/c1-11(6-12)4-5-13(7-11)10(15)8-2-3-9(18-8)14(16)17/h2-3H,4-7,12H2,1H3. The molecule has 1 fully saturated rings. The quantitative estimate of drug-likeness (QED) is 0.664. The lowest BCUT2D eigenvalue weighted by molar-refractivity contribution is -0.380. The van der Waals surface area contributed by atoms with E-state index in [2.05, 4.69) is 6.92 Å². The molecule has 6 nitrogen and oxygen atoms in total. The topological polar surface area (TPSA) is 89.5 Å². The van der Waals surface area contributed by atoms with Gasteiger partial charge in [0, 0.05) is 19.2 Å². The Balaban J connectivity index is 2.10. The summed E-state index contributed by atoms with van der Waals surface area (Å²) in [7, 11) is 0. The fourth-order valence-electron chi connectivity index (χ4n) is 2.06. The van der Waals surface area contributed by atoms with Crippen LogP contribution in [0.25, 0.3) is 0 Å². The lowest BCUT2D eigenvalue weighted by atomic mass is 9.90. The van der Waals surface area contributed by atoms with E-state index in [-0.39, 0.29) is 16.3 Å². The minimum atomic E-state index is -0.477. The van der Waals surface area contributed by atoms with E-state index < -0.39 is 4.92 Å². The van der Waals surface area contributed by atoms with Crippen LogP contribution in [-0.2, 0) is 0 Å². The van der Waals surface area contributed by atoms with E-state index in [1.807, 2.05) is 0 Å². The summed E-state index contributed by atoms with van der Waals surface area (Å²) in [6.07, 6.45) is 0.878. The van der Waals surface area contributed by atoms with Gasteiger partial charge in [-0.1, -0.05) is 18.3 Å². The molecule has 98 valence electrons. The number of nitro groups is 1. The van der Waals surface area contributed by atoms with E-state index >= 15 is 0 Å². The van der Waals surface area contributed by atoms with E-state index in [4.69, 9.17) is 5.73 Å². The molecule has 7 heteroatoms. The molecular weight excluding hydrogens is 254 g/mol. The summed E-state index contributed by atoms with van der Waals surface area (Å²) in [5, 5.41) is 10.6. The summed E-state index contributed by atoms with van der Waals surface area (Å²) in [6, 6.07) is 2.89. The van der Waals surface area contributed by atoms with Crippen LogP contribution in [0.4, 0.5) is 5.00 Å². The molecule has 1 amide bonds. The first-order chi connectivity index (χ1) is 8.45. The van der Waals surface area contributed by atoms with Crippen molar-refractivity contribution in [2.45, 2.75) is 13.3 Å². The zero-order chi connectivity index (χ0) is 13.3. The van der Waals surface area contributed by atoms with Gasteiger partial charge in [0.1, 0.15) is 0 Å².